The van der Waals surface area contributed by atoms with Crippen molar-refractivity contribution in [1.82, 2.24) is 29.6 Å². The summed E-state index contributed by atoms with van der Waals surface area (Å²) in [5, 5.41) is 19.2. The van der Waals surface area contributed by atoms with Crippen molar-refractivity contribution in [2.45, 2.75) is 56.4 Å². The number of hydrogen-bond donors (Lipinski definition) is 0. The lowest BCUT2D eigenvalue weighted by molar-refractivity contribution is 0.495. The van der Waals surface area contributed by atoms with Crippen LogP contribution in [0.1, 0.15) is 55.3 Å². The van der Waals surface area contributed by atoms with Crippen molar-refractivity contribution in [3.05, 3.63) is 29.3 Å². The molecule has 0 atom stereocenters. The lowest BCUT2D eigenvalue weighted by atomic mass is 10.1. The van der Waals surface area contributed by atoms with E-state index in [0.717, 1.165) is 17.3 Å². The Morgan fingerprint density at radius 3 is 2.82 bits per heavy atom. The normalized spacial score (nSPS) is 20.9. The summed E-state index contributed by atoms with van der Waals surface area (Å²) < 4.78 is 4.03. The molecule has 0 saturated heterocycles. The molecule has 0 aromatic carbocycles. The van der Waals surface area contributed by atoms with Gasteiger partial charge in [0.15, 0.2) is 5.82 Å². The minimum atomic E-state index is 0.171. The van der Waals surface area contributed by atoms with Crippen LogP contribution in [-0.4, -0.2) is 29.6 Å². The van der Waals surface area contributed by atoms with E-state index in [2.05, 4.69) is 15.3 Å². The monoisotopic (exact) mass is 314 g/mol. The van der Waals surface area contributed by atoms with Crippen molar-refractivity contribution in [1.29, 1.82) is 0 Å². The molecule has 114 valence electrons. The Balaban J connectivity index is 1.50. The maximum atomic E-state index is 4.90. The summed E-state index contributed by atoms with van der Waals surface area (Å²) in [5.41, 5.74) is 0.171. The summed E-state index contributed by atoms with van der Waals surface area (Å²) in [6.45, 7) is 0.920. The highest BCUT2D eigenvalue weighted by Gasteiger charge is 2.48. The molecule has 3 heterocycles. The van der Waals surface area contributed by atoms with Crippen LogP contribution < -0.4 is 0 Å². The summed E-state index contributed by atoms with van der Waals surface area (Å²) in [6, 6.07) is 1.98. The first-order chi connectivity index (χ1) is 10.8. The molecule has 0 amide bonds. The zero-order valence-electron chi connectivity index (χ0n) is 12.4. The third kappa shape index (κ3) is 1.91. The standard InChI is InChI=1S/C15H18N6S/c1-2-5-11(4-1)12-17-18-14-21(12)19-13(22-14)15(6-7-15)10-20-9-3-8-16-20/h3,8-9,11H,1-2,4-7,10H2. The second kappa shape index (κ2) is 4.62. The Labute approximate surface area is 132 Å². The van der Waals surface area contributed by atoms with Crippen LogP contribution in [-0.2, 0) is 12.0 Å². The highest BCUT2D eigenvalue weighted by atomic mass is 32.1. The van der Waals surface area contributed by atoms with E-state index in [9.17, 15) is 0 Å². The number of fused-ring (bicyclic) bond motifs is 1. The van der Waals surface area contributed by atoms with Gasteiger partial charge in [0.2, 0.25) is 4.96 Å². The Bertz CT molecular complexity index is 791. The maximum Gasteiger partial charge on any atom is 0.234 e. The van der Waals surface area contributed by atoms with Crippen molar-refractivity contribution in [2.75, 3.05) is 0 Å². The van der Waals surface area contributed by atoms with Crippen LogP contribution in [0.25, 0.3) is 4.96 Å². The Kier molecular flexibility index (Phi) is 2.68. The van der Waals surface area contributed by atoms with Gasteiger partial charge in [-0.2, -0.15) is 14.7 Å². The molecule has 0 aliphatic heterocycles. The van der Waals surface area contributed by atoms with Gasteiger partial charge in [0.25, 0.3) is 0 Å². The molecule has 0 bridgehead atoms. The van der Waals surface area contributed by atoms with Gasteiger partial charge in [-0.05, 0) is 31.7 Å². The van der Waals surface area contributed by atoms with Gasteiger partial charge in [0.1, 0.15) is 5.01 Å². The lowest BCUT2D eigenvalue weighted by Crippen LogP contribution is -2.17. The molecule has 2 fully saturated rings. The number of nitrogens with zero attached hydrogens (tertiary/aromatic N) is 6. The summed E-state index contributed by atoms with van der Waals surface area (Å²) in [6.07, 6.45) is 11.3. The van der Waals surface area contributed by atoms with Crippen LogP contribution in [0.3, 0.4) is 0 Å². The molecule has 0 N–H and O–H groups in total. The van der Waals surface area contributed by atoms with Crippen LogP contribution in [0, 0.1) is 0 Å². The van der Waals surface area contributed by atoms with Crippen molar-refractivity contribution in [3.8, 4) is 0 Å². The van der Waals surface area contributed by atoms with Crippen molar-refractivity contribution in [3.63, 3.8) is 0 Å². The number of hydrogen-bond acceptors (Lipinski definition) is 5. The molecule has 2 aliphatic carbocycles. The molecular weight excluding hydrogens is 296 g/mol. The van der Waals surface area contributed by atoms with E-state index in [4.69, 9.17) is 5.10 Å². The molecule has 22 heavy (non-hydrogen) atoms. The van der Waals surface area contributed by atoms with E-state index < -0.39 is 0 Å². The number of aromatic nitrogens is 6. The highest BCUT2D eigenvalue weighted by molar-refractivity contribution is 7.16. The summed E-state index contributed by atoms with van der Waals surface area (Å²) >= 11 is 1.71. The first-order valence-electron chi connectivity index (χ1n) is 8.04. The van der Waals surface area contributed by atoms with E-state index in [1.165, 1.54) is 43.5 Å². The molecule has 6 nitrogen and oxygen atoms in total. The van der Waals surface area contributed by atoms with Gasteiger partial charge in [-0.25, -0.2) is 0 Å². The molecule has 2 aliphatic rings. The summed E-state index contributed by atoms with van der Waals surface area (Å²) in [5.74, 6) is 1.62. The van der Waals surface area contributed by atoms with E-state index in [-0.39, 0.29) is 5.41 Å². The van der Waals surface area contributed by atoms with Crippen LogP contribution >= 0.6 is 11.3 Å². The predicted molar refractivity (Wildman–Crippen MR) is 83.0 cm³/mol. The largest absolute Gasteiger partial charge is 0.272 e. The molecule has 3 aromatic rings. The average Bonchev–Trinajstić information content (AvgIpc) is 3.03. The van der Waals surface area contributed by atoms with Gasteiger partial charge in [0, 0.05) is 23.7 Å². The van der Waals surface area contributed by atoms with E-state index in [0.29, 0.717) is 5.92 Å². The molecule has 0 radical (unpaired) electrons. The van der Waals surface area contributed by atoms with Gasteiger partial charge in [-0.15, -0.1) is 10.2 Å². The Morgan fingerprint density at radius 1 is 1.23 bits per heavy atom. The molecule has 7 heteroatoms. The minimum Gasteiger partial charge on any atom is -0.272 e. The fourth-order valence-electron chi connectivity index (χ4n) is 3.58. The molecule has 0 unspecified atom stereocenters. The third-order valence-electron chi connectivity index (χ3n) is 5.07. The molecule has 0 spiro atoms. The average molecular weight is 314 g/mol. The van der Waals surface area contributed by atoms with Crippen LogP contribution in [0.4, 0.5) is 0 Å². The molecule has 5 rings (SSSR count). The fourth-order valence-corrected chi connectivity index (χ4v) is 4.66. The third-order valence-corrected chi connectivity index (χ3v) is 6.21. The molecular formula is C15H18N6S. The Morgan fingerprint density at radius 2 is 2.09 bits per heavy atom. The predicted octanol–water partition coefficient (Wildman–Crippen LogP) is 2.77. The molecule has 3 aromatic heterocycles. The molecule has 2 saturated carbocycles. The summed E-state index contributed by atoms with van der Waals surface area (Å²) in [7, 11) is 0. The highest BCUT2D eigenvalue weighted by Crippen LogP contribution is 2.50. The van der Waals surface area contributed by atoms with Crippen molar-refractivity contribution in [2.24, 2.45) is 0 Å². The minimum absolute atomic E-state index is 0.171. The van der Waals surface area contributed by atoms with Gasteiger partial charge >= 0.3 is 0 Å². The van der Waals surface area contributed by atoms with Gasteiger partial charge < -0.3 is 0 Å². The van der Waals surface area contributed by atoms with Crippen molar-refractivity contribution < 1.29 is 0 Å². The van der Waals surface area contributed by atoms with Crippen molar-refractivity contribution >= 4 is 16.3 Å². The van der Waals surface area contributed by atoms with Crippen LogP contribution in [0.2, 0.25) is 0 Å². The van der Waals surface area contributed by atoms with Crippen LogP contribution in [0.5, 0.6) is 0 Å². The van der Waals surface area contributed by atoms with Gasteiger partial charge in [-0.3, -0.25) is 4.68 Å². The smallest absolute Gasteiger partial charge is 0.234 e. The van der Waals surface area contributed by atoms with Gasteiger partial charge in [-0.1, -0.05) is 24.2 Å². The SMILES string of the molecule is c1cnn(CC2(c3nn4c(C5CCCC5)nnc4s3)CC2)c1. The second-order valence-corrected chi connectivity index (χ2v) is 7.58. The Hall–Kier alpha value is -1.76. The van der Waals surface area contributed by atoms with E-state index in [1.54, 1.807) is 11.3 Å². The quantitative estimate of drug-likeness (QED) is 0.743. The van der Waals surface area contributed by atoms with Gasteiger partial charge in [0.05, 0.1) is 6.54 Å². The lowest BCUT2D eigenvalue weighted by Gasteiger charge is -2.11. The van der Waals surface area contributed by atoms with E-state index >= 15 is 0 Å². The first kappa shape index (κ1) is 12.8. The fraction of sp³-hybridized carbons (Fsp3) is 0.600. The topological polar surface area (TPSA) is 60.9 Å². The van der Waals surface area contributed by atoms with Crippen LogP contribution in [0.15, 0.2) is 18.5 Å². The maximum absolute atomic E-state index is 4.90. The first-order valence-corrected chi connectivity index (χ1v) is 8.86. The van der Waals surface area contributed by atoms with E-state index in [1.807, 2.05) is 27.7 Å². The summed E-state index contributed by atoms with van der Waals surface area (Å²) in [4.78, 5) is 0.948. The number of rotatable bonds is 4. The second-order valence-electron chi connectivity index (χ2n) is 6.63. The zero-order chi connectivity index (χ0) is 14.6. The zero-order valence-corrected chi connectivity index (χ0v) is 13.2.